The minimum atomic E-state index is 0.595. The third kappa shape index (κ3) is 1.90. The highest BCUT2D eigenvalue weighted by Crippen LogP contribution is 2.35. The lowest BCUT2D eigenvalue weighted by atomic mass is 9.83. The van der Waals surface area contributed by atoms with Crippen LogP contribution in [-0.4, -0.2) is 9.97 Å². The predicted octanol–water partition coefficient (Wildman–Crippen LogP) is 3.44. The topological polar surface area (TPSA) is 54.7 Å². The van der Waals surface area contributed by atoms with Crippen LogP contribution >= 0.6 is 0 Å². The van der Waals surface area contributed by atoms with Crippen LogP contribution in [0.5, 0.6) is 0 Å². The van der Waals surface area contributed by atoms with Crippen LogP contribution in [0.4, 0.5) is 5.69 Å². The Balaban J connectivity index is 1.93. The van der Waals surface area contributed by atoms with Crippen molar-refractivity contribution in [3.63, 3.8) is 0 Å². The number of benzene rings is 1. The second-order valence-electron chi connectivity index (χ2n) is 5.32. The Hall–Kier alpha value is -1.51. The average molecular weight is 229 g/mol. The maximum absolute atomic E-state index is 5.94. The molecule has 1 aliphatic carbocycles. The maximum atomic E-state index is 5.94. The fourth-order valence-corrected chi connectivity index (χ4v) is 2.80. The number of aromatic nitrogens is 2. The largest absolute Gasteiger partial charge is 0.397 e. The summed E-state index contributed by atoms with van der Waals surface area (Å²) in [5.41, 5.74) is 8.71. The molecule has 0 saturated heterocycles. The maximum Gasteiger partial charge on any atom is 0.111 e. The van der Waals surface area contributed by atoms with Crippen LogP contribution in [-0.2, 0) is 0 Å². The van der Waals surface area contributed by atoms with E-state index in [4.69, 9.17) is 5.73 Å². The number of fused-ring (bicyclic) bond motifs is 1. The molecule has 0 spiro atoms. The van der Waals surface area contributed by atoms with Crippen molar-refractivity contribution in [3.8, 4) is 0 Å². The van der Waals surface area contributed by atoms with Gasteiger partial charge in [-0.15, -0.1) is 0 Å². The van der Waals surface area contributed by atoms with Gasteiger partial charge in [0.05, 0.1) is 11.2 Å². The number of nitrogens with zero attached hydrogens (tertiary/aromatic N) is 1. The molecule has 0 aliphatic heterocycles. The molecule has 3 heteroatoms. The zero-order valence-electron chi connectivity index (χ0n) is 10.2. The van der Waals surface area contributed by atoms with Gasteiger partial charge in [0, 0.05) is 5.92 Å². The van der Waals surface area contributed by atoms with E-state index in [1.54, 1.807) is 0 Å². The van der Waals surface area contributed by atoms with E-state index in [0.717, 1.165) is 28.5 Å². The number of H-pyrrole nitrogens is 1. The first-order chi connectivity index (χ1) is 8.24. The number of nitrogen functional groups attached to an aromatic ring is 1. The van der Waals surface area contributed by atoms with Gasteiger partial charge in [-0.3, -0.25) is 0 Å². The molecule has 1 heterocycles. The Morgan fingerprint density at radius 2 is 2.00 bits per heavy atom. The Bertz CT molecular complexity index is 521. The number of hydrogen-bond acceptors (Lipinski definition) is 2. The molecule has 2 aromatic rings. The van der Waals surface area contributed by atoms with Gasteiger partial charge in [0.15, 0.2) is 0 Å². The van der Waals surface area contributed by atoms with E-state index < -0.39 is 0 Å². The first-order valence-electron chi connectivity index (χ1n) is 6.48. The molecule has 1 aliphatic rings. The molecule has 1 aromatic carbocycles. The van der Waals surface area contributed by atoms with Crippen LogP contribution < -0.4 is 5.73 Å². The summed E-state index contributed by atoms with van der Waals surface area (Å²) < 4.78 is 0. The van der Waals surface area contributed by atoms with Crippen molar-refractivity contribution in [1.29, 1.82) is 0 Å². The molecule has 3 rings (SSSR count). The second kappa shape index (κ2) is 4.06. The van der Waals surface area contributed by atoms with Crippen LogP contribution in [0.1, 0.15) is 44.3 Å². The normalized spacial score (nSPS) is 25.2. The summed E-state index contributed by atoms with van der Waals surface area (Å²) in [6.45, 7) is 2.34. The number of nitrogens with one attached hydrogen (secondary N) is 1. The Kier molecular flexibility index (Phi) is 2.54. The van der Waals surface area contributed by atoms with Crippen molar-refractivity contribution < 1.29 is 0 Å². The minimum Gasteiger partial charge on any atom is -0.397 e. The highest BCUT2D eigenvalue weighted by molar-refractivity contribution is 5.86. The number of imidazole rings is 1. The van der Waals surface area contributed by atoms with E-state index >= 15 is 0 Å². The van der Waals surface area contributed by atoms with Crippen LogP contribution in [0.15, 0.2) is 18.2 Å². The molecule has 1 aromatic heterocycles. The highest BCUT2D eigenvalue weighted by Gasteiger charge is 2.22. The third-order valence-corrected chi connectivity index (χ3v) is 3.96. The fraction of sp³-hybridized carbons (Fsp3) is 0.500. The van der Waals surface area contributed by atoms with Gasteiger partial charge in [0.2, 0.25) is 0 Å². The van der Waals surface area contributed by atoms with E-state index in [0.29, 0.717) is 5.92 Å². The molecule has 0 atom stereocenters. The number of anilines is 1. The smallest absolute Gasteiger partial charge is 0.111 e. The molecule has 1 saturated carbocycles. The minimum absolute atomic E-state index is 0.595. The summed E-state index contributed by atoms with van der Waals surface area (Å²) in [5.74, 6) is 2.60. The molecular formula is C14H19N3. The van der Waals surface area contributed by atoms with Crippen LogP contribution in [0.25, 0.3) is 11.0 Å². The zero-order chi connectivity index (χ0) is 11.8. The predicted molar refractivity (Wildman–Crippen MR) is 70.9 cm³/mol. The Labute approximate surface area is 101 Å². The molecule has 3 N–H and O–H groups in total. The van der Waals surface area contributed by atoms with E-state index in [9.17, 15) is 0 Å². The molecule has 90 valence electrons. The van der Waals surface area contributed by atoms with Gasteiger partial charge < -0.3 is 10.7 Å². The molecule has 17 heavy (non-hydrogen) atoms. The third-order valence-electron chi connectivity index (χ3n) is 3.96. The van der Waals surface area contributed by atoms with Crippen molar-refractivity contribution in [2.75, 3.05) is 5.73 Å². The van der Waals surface area contributed by atoms with Gasteiger partial charge in [0.1, 0.15) is 11.3 Å². The summed E-state index contributed by atoms with van der Waals surface area (Å²) in [5, 5.41) is 0. The number of nitrogens with two attached hydrogens (primary N) is 1. The average Bonchev–Trinajstić information content (AvgIpc) is 2.75. The number of hydrogen-bond donors (Lipinski definition) is 2. The van der Waals surface area contributed by atoms with Gasteiger partial charge in [-0.25, -0.2) is 4.98 Å². The molecular weight excluding hydrogens is 210 g/mol. The first kappa shape index (κ1) is 10.6. The molecule has 0 unspecified atom stereocenters. The van der Waals surface area contributed by atoms with E-state index in [-0.39, 0.29) is 0 Å². The molecule has 0 bridgehead atoms. The van der Waals surface area contributed by atoms with Crippen LogP contribution in [0.3, 0.4) is 0 Å². The van der Waals surface area contributed by atoms with Crippen molar-refractivity contribution in [1.82, 2.24) is 9.97 Å². The molecule has 3 nitrogen and oxygen atoms in total. The lowest BCUT2D eigenvalue weighted by Gasteiger charge is -2.24. The van der Waals surface area contributed by atoms with Crippen LogP contribution in [0.2, 0.25) is 0 Å². The van der Waals surface area contributed by atoms with Gasteiger partial charge in [0.25, 0.3) is 0 Å². The van der Waals surface area contributed by atoms with Crippen molar-refractivity contribution in [2.24, 2.45) is 5.92 Å². The summed E-state index contributed by atoms with van der Waals surface area (Å²) in [6.07, 6.45) is 5.14. The second-order valence-corrected chi connectivity index (χ2v) is 5.32. The summed E-state index contributed by atoms with van der Waals surface area (Å²) >= 11 is 0. The number of para-hydroxylation sites is 1. The fourth-order valence-electron chi connectivity index (χ4n) is 2.80. The highest BCUT2D eigenvalue weighted by atomic mass is 14.9. The van der Waals surface area contributed by atoms with E-state index in [1.807, 2.05) is 18.2 Å². The standard InChI is InChI=1S/C14H19N3/c1-9-5-7-10(8-6-9)14-16-12-4-2-3-11(15)13(12)17-14/h2-4,9-10H,5-8,15H2,1H3,(H,16,17). The molecule has 0 amide bonds. The Morgan fingerprint density at radius 3 is 2.71 bits per heavy atom. The van der Waals surface area contributed by atoms with E-state index in [1.165, 1.54) is 25.7 Å². The van der Waals surface area contributed by atoms with Crippen molar-refractivity contribution in [2.45, 2.75) is 38.5 Å². The quantitative estimate of drug-likeness (QED) is 0.736. The first-order valence-corrected chi connectivity index (χ1v) is 6.48. The molecule has 1 fully saturated rings. The van der Waals surface area contributed by atoms with Crippen molar-refractivity contribution >= 4 is 16.7 Å². The monoisotopic (exact) mass is 229 g/mol. The van der Waals surface area contributed by atoms with E-state index in [2.05, 4.69) is 16.9 Å². The summed E-state index contributed by atoms with van der Waals surface area (Å²) in [6, 6.07) is 5.94. The van der Waals surface area contributed by atoms with Crippen molar-refractivity contribution in [3.05, 3.63) is 24.0 Å². The number of rotatable bonds is 1. The van der Waals surface area contributed by atoms with Gasteiger partial charge in [-0.2, -0.15) is 0 Å². The van der Waals surface area contributed by atoms with Crippen LogP contribution in [0, 0.1) is 5.92 Å². The van der Waals surface area contributed by atoms with Gasteiger partial charge in [-0.05, 0) is 30.9 Å². The summed E-state index contributed by atoms with van der Waals surface area (Å²) in [4.78, 5) is 8.11. The summed E-state index contributed by atoms with van der Waals surface area (Å²) in [7, 11) is 0. The molecule has 0 radical (unpaired) electrons. The van der Waals surface area contributed by atoms with Gasteiger partial charge >= 0.3 is 0 Å². The Morgan fingerprint density at radius 1 is 1.24 bits per heavy atom. The number of aromatic amines is 1. The zero-order valence-corrected chi connectivity index (χ0v) is 10.2. The lowest BCUT2D eigenvalue weighted by molar-refractivity contribution is 0.341. The van der Waals surface area contributed by atoms with Gasteiger partial charge in [-0.1, -0.05) is 25.8 Å². The lowest BCUT2D eigenvalue weighted by Crippen LogP contribution is -2.11. The SMILES string of the molecule is CC1CCC(c2nc3c(N)cccc3[nH]2)CC1.